The van der Waals surface area contributed by atoms with Crippen molar-refractivity contribution >= 4 is 39.7 Å². The fraction of sp³-hybridized carbons (Fsp3) is 0.421. The average Bonchev–Trinajstić information content (AvgIpc) is 2.98. The first-order chi connectivity index (χ1) is 12.4. The Morgan fingerprint density at radius 1 is 1.50 bits per heavy atom. The number of pyridine rings is 1. The van der Waals surface area contributed by atoms with Crippen molar-refractivity contribution in [3.8, 4) is 0 Å². The number of aromatic nitrogens is 1. The number of fused-ring (bicyclic) bond motifs is 1. The van der Waals surface area contributed by atoms with Crippen LogP contribution < -0.4 is 11.1 Å². The third-order valence-electron chi connectivity index (χ3n) is 4.84. The van der Waals surface area contributed by atoms with Gasteiger partial charge in [0.05, 0.1) is 5.69 Å². The van der Waals surface area contributed by atoms with Crippen molar-refractivity contribution in [2.75, 3.05) is 5.32 Å². The summed E-state index contributed by atoms with van der Waals surface area (Å²) in [4.78, 5) is 5.63. The van der Waals surface area contributed by atoms with Gasteiger partial charge in [0.1, 0.15) is 22.1 Å². The second-order valence-corrected chi connectivity index (χ2v) is 8.49. The Morgan fingerprint density at radius 2 is 2.31 bits per heavy atom. The lowest BCUT2D eigenvalue weighted by molar-refractivity contribution is 0.267. The van der Waals surface area contributed by atoms with Gasteiger partial charge in [-0.15, -0.1) is 11.3 Å². The van der Waals surface area contributed by atoms with Gasteiger partial charge in [0.25, 0.3) is 0 Å². The smallest absolute Gasteiger partial charge is 0.176 e. The molecule has 0 aromatic carbocycles. The zero-order chi connectivity index (χ0) is 18.3. The zero-order valence-corrected chi connectivity index (χ0v) is 16.1. The van der Waals surface area contributed by atoms with E-state index in [1.165, 1.54) is 4.88 Å². The quantitative estimate of drug-likeness (QED) is 0.540. The molecule has 0 amide bonds. The molecule has 1 atom stereocenters. The SMILES string of the molecule is Cc1c(C[C@H](N)CC2(F)CC2)oc2c(NCc3cccs3)cc(Cl)nc12. The van der Waals surface area contributed by atoms with Crippen LogP contribution in [-0.4, -0.2) is 16.7 Å². The van der Waals surface area contributed by atoms with Gasteiger partial charge in [0, 0.05) is 35.5 Å². The molecule has 26 heavy (non-hydrogen) atoms. The molecule has 3 aromatic heterocycles. The van der Waals surface area contributed by atoms with Crippen molar-refractivity contribution in [2.45, 2.75) is 50.9 Å². The molecule has 0 radical (unpaired) electrons. The Balaban J connectivity index is 1.59. The van der Waals surface area contributed by atoms with Crippen molar-refractivity contribution in [2.24, 2.45) is 5.73 Å². The van der Waals surface area contributed by atoms with Crippen molar-refractivity contribution in [1.29, 1.82) is 0 Å². The number of anilines is 1. The maximum Gasteiger partial charge on any atom is 0.176 e. The van der Waals surface area contributed by atoms with Crippen LogP contribution in [0.25, 0.3) is 11.1 Å². The van der Waals surface area contributed by atoms with Crippen LogP contribution in [0.1, 0.15) is 35.5 Å². The summed E-state index contributed by atoms with van der Waals surface area (Å²) in [6.07, 6.45) is 2.11. The molecule has 3 heterocycles. The first kappa shape index (κ1) is 17.8. The predicted octanol–water partition coefficient (Wildman–Crippen LogP) is 5.23. The van der Waals surface area contributed by atoms with Crippen LogP contribution in [0.4, 0.5) is 10.1 Å². The maximum atomic E-state index is 14.0. The minimum Gasteiger partial charge on any atom is -0.457 e. The van der Waals surface area contributed by atoms with Gasteiger partial charge in [-0.1, -0.05) is 17.7 Å². The van der Waals surface area contributed by atoms with Crippen molar-refractivity contribution in [3.05, 3.63) is 44.9 Å². The Hall–Kier alpha value is -1.63. The van der Waals surface area contributed by atoms with Gasteiger partial charge in [-0.2, -0.15) is 0 Å². The van der Waals surface area contributed by atoms with Gasteiger partial charge in [-0.05, 0) is 37.6 Å². The van der Waals surface area contributed by atoms with Gasteiger partial charge in [0.2, 0.25) is 0 Å². The summed E-state index contributed by atoms with van der Waals surface area (Å²) >= 11 is 7.89. The molecule has 0 spiro atoms. The molecule has 1 aliphatic rings. The van der Waals surface area contributed by atoms with Crippen molar-refractivity contribution < 1.29 is 8.81 Å². The van der Waals surface area contributed by atoms with Gasteiger partial charge >= 0.3 is 0 Å². The van der Waals surface area contributed by atoms with Gasteiger partial charge < -0.3 is 15.5 Å². The number of thiophene rings is 1. The predicted molar refractivity (Wildman–Crippen MR) is 105 cm³/mol. The lowest BCUT2D eigenvalue weighted by atomic mass is 10.0. The number of furan rings is 1. The summed E-state index contributed by atoms with van der Waals surface area (Å²) in [5.41, 5.74) is 8.22. The topological polar surface area (TPSA) is 64.1 Å². The number of aryl methyl sites for hydroxylation is 1. The maximum absolute atomic E-state index is 14.0. The molecule has 0 aliphatic heterocycles. The van der Waals surface area contributed by atoms with Gasteiger partial charge in [-0.25, -0.2) is 9.37 Å². The summed E-state index contributed by atoms with van der Waals surface area (Å²) in [5, 5.41) is 5.82. The molecule has 138 valence electrons. The molecule has 0 saturated heterocycles. The third kappa shape index (κ3) is 3.72. The van der Waals surface area contributed by atoms with Crippen LogP contribution in [-0.2, 0) is 13.0 Å². The first-order valence-electron chi connectivity index (χ1n) is 8.73. The van der Waals surface area contributed by atoms with Crippen molar-refractivity contribution in [1.82, 2.24) is 4.98 Å². The number of nitrogens with two attached hydrogens (primary N) is 1. The summed E-state index contributed by atoms with van der Waals surface area (Å²) < 4.78 is 20.0. The van der Waals surface area contributed by atoms with Crippen LogP contribution in [0.15, 0.2) is 28.0 Å². The molecular weight excluding hydrogens is 373 g/mol. The molecule has 0 unspecified atom stereocenters. The number of alkyl halides is 1. The highest BCUT2D eigenvalue weighted by Crippen LogP contribution is 2.44. The number of hydrogen-bond donors (Lipinski definition) is 2. The number of rotatable bonds is 7. The Morgan fingerprint density at radius 3 is 3.00 bits per heavy atom. The molecule has 0 bridgehead atoms. The average molecular weight is 394 g/mol. The molecule has 4 nitrogen and oxygen atoms in total. The van der Waals surface area contributed by atoms with Crippen molar-refractivity contribution in [3.63, 3.8) is 0 Å². The molecule has 1 aliphatic carbocycles. The molecule has 1 fully saturated rings. The molecule has 1 saturated carbocycles. The van der Waals surface area contributed by atoms with E-state index < -0.39 is 5.67 Å². The summed E-state index contributed by atoms with van der Waals surface area (Å²) in [7, 11) is 0. The zero-order valence-electron chi connectivity index (χ0n) is 14.5. The highest BCUT2D eigenvalue weighted by molar-refractivity contribution is 7.09. The Labute approximate surface area is 160 Å². The Bertz CT molecular complexity index is 921. The van der Waals surface area contributed by atoms with Crippen LogP contribution in [0.2, 0.25) is 5.15 Å². The van der Waals surface area contributed by atoms with Gasteiger partial charge in [-0.3, -0.25) is 0 Å². The van der Waals surface area contributed by atoms with E-state index in [0.29, 0.717) is 43.0 Å². The van der Waals surface area contributed by atoms with E-state index >= 15 is 0 Å². The molecule has 7 heteroatoms. The molecule has 3 aromatic rings. The highest BCUT2D eigenvalue weighted by atomic mass is 35.5. The normalized spacial score (nSPS) is 16.8. The summed E-state index contributed by atoms with van der Waals surface area (Å²) in [6.45, 7) is 2.63. The number of nitrogens with one attached hydrogen (secondary N) is 1. The van der Waals surface area contributed by atoms with Crippen LogP contribution in [0.3, 0.4) is 0 Å². The second-order valence-electron chi connectivity index (χ2n) is 7.07. The largest absolute Gasteiger partial charge is 0.457 e. The van der Waals surface area contributed by atoms with Crippen LogP contribution in [0, 0.1) is 6.92 Å². The lowest BCUT2D eigenvalue weighted by Gasteiger charge is -2.12. The van der Waals surface area contributed by atoms with E-state index in [9.17, 15) is 4.39 Å². The summed E-state index contributed by atoms with van der Waals surface area (Å²) in [6, 6.07) is 5.59. The minimum atomic E-state index is -1.06. The fourth-order valence-corrected chi connectivity index (χ4v) is 4.07. The van der Waals surface area contributed by atoms with E-state index in [4.69, 9.17) is 21.8 Å². The third-order valence-corrected chi connectivity index (χ3v) is 5.91. The standard InChI is InChI=1S/C19H21ClFN3OS/c1-11-15(7-12(22)9-19(21)4-5-19)25-18-14(8-16(20)24-17(11)18)23-10-13-3-2-6-26-13/h2-3,6,8,12H,4-5,7,9-10,22H2,1H3,(H,23,24)/t12-/m0/s1. The van der Waals surface area contributed by atoms with E-state index in [2.05, 4.69) is 16.4 Å². The van der Waals surface area contributed by atoms with E-state index in [0.717, 1.165) is 22.5 Å². The van der Waals surface area contributed by atoms with E-state index in [1.807, 2.05) is 18.4 Å². The number of hydrogen-bond acceptors (Lipinski definition) is 5. The van der Waals surface area contributed by atoms with Gasteiger partial charge in [0.15, 0.2) is 5.58 Å². The highest BCUT2D eigenvalue weighted by Gasteiger charge is 2.44. The summed E-state index contributed by atoms with van der Waals surface area (Å²) in [5.74, 6) is 0.755. The fourth-order valence-electron chi connectivity index (χ4n) is 3.23. The molecule has 4 rings (SSSR count). The molecule has 3 N–H and O–H groups in total. The minimum absolute atomic E-state index is 0.264. The lowest BCUT2D eigenvalue weighted by Crippen LogP contribution is -2.27. The van der Waals surface area contributed by atoms with E-state index in [1.54, 1.807) is 17.4 Å². The van der Waals surface area contributed by atoms with Crippen LogP contribution >= 0.6 is 22.9 Å². The number of nitrogens with zero attached hydrogens (tertiary/aromatic N) is 1. The number of halogens is 2. The first-order valence-corrected chi connectivity index (χ1v) is 9.98. The van der Waals surface area contributed by atoms with E-state index in [-0.39, 0.29) is 6.04 Å². The Kier molecular flexibility index (Phi) is 4.67. The monoisotopic (exact) mass is 393 g/mol. The molecular formula is C19H21ClFN3OS. The van der Waals surface area contributed by atoms with Crippen LogP contribution in [0.5, 0.6) is 0 Å². The second kappa shape index (κ2) is 6.83.